The van der Waals surface area contributed by atoms with Gasteiger partial charge in [-0.25, -0.2) is 0 Å². The van der Waals surface area contributed by atoms with Gasteiger partial charge in [0.25, 0.3) is 0 Å². The van der Waals surface area contributed by atoms with Crippen LogP contribution in [0.15, 0.2) is 46.9 Å². The summed E-state index contributed by atoms with van der Waals surface area (Å²) in [6, 6.07) is 13.6. The number of hydrogen-bond donors (Lipinski definition) is 0. The molecule has 0 spiro atoms. The van der Waals surface area contributed by atoms with E-state index in [0.717, 1.165) is 15.6 Å². The summed E-state index contributed by atoms with van der Waals surface area (Å²) in [6.45, 7) is 0. The van der Waals surface area contributed by atoms with Gasteiger partial charge in [0.2, 0.25) is 0 Å². The molecule has 0 aliphatic rings. The fraction of sp³-hybridized carbons (Fsp3) is 0.250. The van der Waals surface area contributed by atoms with Gasteiger partial charge in [-0.15, -0.1) is 23.2 Å². The average Bonchev–Trinajstić information content (AvgIpc) is 2.50. The molecule has 2 aromatic carbocycles. The first-order valence-electron chi connectivity index (χ1n) is 6.34. The van der Waals surface area contributed by atoms with E-state index in [9.17, 15) is 0 Å². The second kappa shape index (κ2) is 7.57. The molecule has 0 N–H and O–H groups in total. The van der Waals surface area contributed by atoms with Gasteiger partial charge in [0.05, 0.1) is 10.0 Å². The summed E-state index contributed by atoms with van der Waals surface area (Å²) in [6.07, 6.45) is 0.627. The molecule has 0 fully saturated rings. The number of hydrogen-bond acceptors (Lipinski definition) is 0. The molecule has 2 rings (SSSR count). The highest BCUT2D eigenvalue weighted by atomic mass is 79.9. The Morgan fingerprint density at radius 3 is 2.19 bits per heavy atom. The predicted molar refractivity (Wildman–Crippen MR) is 97.4 cm³/mol. The van der Waals surface area contributed by atoms with E-state index in [1.165, 1.54) is 0 Å². The van der Waals surface area contributed by atoms with Crippen LogP contribution in [0.2, 0.25) is 10.0 Å². The topological polar surface area (TPSA) is 0 Å². The minimum atomic E-state index is -0.405. The van der Waals surface area contributed by atoms with Gasteiger partial charge in [-0.05, 0) is 29.7 Å². The van der Waals surface area contributed by atoms with Gasteiger partial charge < -0.3 is 0 Å². The van der Waals surface area contributed by atoms with Gasteiger partial charge in [0, 0.05) is 21.6 Å². The molecule has 112 valence electrons. The van der Waals surface area contributed by atoms with Gasteiger partial charge in [0.15, 0.2) is 0 Å². The minimum Gasteiger partial charge on any atom is -0.126 e. The molecule has 5 heteroatoms. The van der Waals surface area contributed by atoms with Crippen LogP contribution in [0.1, 0.15) is 11.1 Å². The monoisotopic (exact) mass is 424 g/mol. The minimum absolute atomic E-state index is 0.391. The van der Waals surface area contributed by atoms with Crippen molar-refractivity contribution in [2.45, 2.75) is 11.8 Å². The Morgan fingerprint density at radius 2 is 1.57 bits per heavy atom. The van der Waals surface area contributed by atoms with Gasteiger partial charge in [-0.3, -0.25) is 0 Å². The first-order valence-corrected chi connectivity index (χ1v) is 8.96. The van der Waals surface area contributed by atoms with Crippen LogP contribution in [-0.2, 0) is 11.8 Å². The van der Waals surface area contributed by atoms with Crippen molar-refractivity contribution < 1.29 is 0 Å². The Balaban J connectivity index is 2.49. The molecular weight excluding hydrogens is 414 g/mol. The van der Waals surface area contributed by atoms with Crippen LogP contribution in [-0.4, -0.2) is 11.8 Å². The van der Waals surface area contributed by atoms with Gasteiger partial charge in [0.1, 0.15) is 0 Å². The highest BCUT2D eigenvalue weighted by Crippen LogP contribution is 2.38. The van der Waals surface area contributed by atoms with E-state index in [1.807, 2.05) is 36.4 Å². The smallest absolute Gasteiger partial charge is 0.0624 e. The molecule has 0 aliphatic carbocycles. The second-order valence-corrected chi connectivity index (χ2v) is 7.09. The van der Waals surface area contributed by atoms with Crippen molar-refractivity contribution in [2.75, 3.05) is 11.8 Å². The average molecular weight is 427 g/mol. The predicted octanol–water partition coefficient (Wildman–Crippen LogP) is 6.71. The molecule has 21 heavy (non-hydrogen) atoms. The third-order valence-corrected chi connectivity index (χ3v) is 6.09. The highest BCUT2D eigenvalue weighted by molar-refractivity contribution is 9.10. The summed E-state index contributed by atoms with van der Waals surface area (Å²) in [5.74, 6) is 0.782. The summed E-state index contributed by atoms with van der Waals surface area (Å²) >= 11 is 28.6. The zero-order valence-corrected chi connectivity index (χ0v) is 15.7. The van der Waals surface area contributed by atoms with E-state index in [1.54, 1.807) is 6.07 Å². The van der Waals surface area contributed by atoms with E-state index in [-0.39, 0.29) is 0 Å². The third kappa shape index (κ3) is 3.71. The van der Waals surface area contributed by atoms with Gasteiger partial charge in [-0.2, -0.15) is 0 Å². The van der Waals surface area contributed by atoms with Crippen LogP contribution in [0.4, 0.5) is 0 Å². The lowest BCUT2D eigenvalue weighted by atomic mass is 9.78. The first kappa shape index (κ1) is 17.4. The van der Waals surface area contributed by atoms with Crippen LogP contribution >= 0.6 is 62.3 Å². The second-order valence-electron chi connectivity index (χ2n) is 4.92. The van der Waals surface area contributed by atoms with Crippen molar-refractivity contribution in [2.24, 2.45) is 0 Å². The molecule has 0 bridgehead atoms. The molecule has 0 aliphatic heterocycles. The van der Waals surface area contributed by atoms with Gasteiger partial charge in [-0.1, -0.05) is 69.5 Å². The van der Waals surface area contributed by atoms with Crippen molar-refractivity contribution >= 4 is 62.3 Å². The van der Waals surface area contributed by atoms with Crippen LogP contribution in [0, 0.1) is 0 Å². The Kier molecular flexibility index (Phi) is 6.28. The zero-order valence-electron chi connectivity index (χ0n) is 11.1. The molecule has 0 radical (unpaired) electrons. The fourth-order valence-corrected chi connectivity index (χ4v) is 4.17. The van der Waals surface area contributed by atoms with Crippen LogP contribution in [0.3, 0.4) is 0 Å². The molecule has 0 heterocycles. The molecule has 0 saturated carbocycles. The molecule has 0 atom stereocenters. The largest absolute Gasteiger partial charge is 0.126 e. The van der Waals surface area contributed by atoms with E-state index >= 15 is 0 Å². The fourth-order valence-electron chi connectivity index (χ4n) is 2.31. The Morgan fingerprint density at radius 1 is 0.905 bits per heavy atom. The Hall–Kier alpha value is 0.0800. The molecule has 0 amide bonds. The molecule has 0 unspecified atom stereocenters. The summed E-state index contributed by atoms with van der Waals surface area (Å²) in [7, 11) is 0. The summed E-state index contributed by atoms with van der Waals surface area (Å²) in [5.41, 5.74) is 1.62. The standard InChI is InChI=1S/C16H13BrCl4/c17-13-6-2-1-5-12(13)16(9-18,10-19)8-11-4-3-7-14(20)15(11)21/h1-7H,8-10H2. The van der Waals surface area contributed by atoms with E-state index in [2.05, 4.69) is 15.9 Å². The normalized spacial score (nSPS) is 11.7. The lowest BCUT2D eigenvalue weighted by molar-refractivity contribution is 0.534. The first-order chi connectivity index (χ1) is 10.0. The maximum atomic E-state index is 6.31. The quantitative estimate of drug-likeness (QED) is 0.466. The van der Waals surface area contributed by atoms with Crippen LogP contribution in [0.5, 0.6) is 0 Å². The molecule has 0 aromatic heterocycles. The van der Waals surface area contributed by atoms with E-state index in [0.29, 0.717) is 28.2 Å². The van der Waals surface area contributed by atoms with Crippen molar-refractivity contribution in [1.82, 2.24) is 0 Å². The number of alkyl halides is 2. The number of halogens is 5. The van der Waals surface area contributed by atoms with Gasteiger partial charge >= 0.3 is 0 Å². The maximum absolute atomic E-state index is 6.31. The molecule has 0 nitrogen and oxygen atoms in total. The highest BCUT2D eigenvalue weighted by Gasteiger charge is 2.33. The zero-order chi connectivity index (χ0) is 15.5. The van der Waals surface area contributed by atoms with Crippen molar-refractivity contribution in [3.05, 3.63) is 68.1 Å². The Labute approximate surface area is 153 Å². The molecule has 2 aromatic rings. The summed E-state index contributed by atoms with van der Waals surface area (Å²) in [5, 5.41) is 1.10. The van der Waals surface area contributed by atoms with E-state index in [4.69, 9.17) is 46.4 Å². The Bertz CT molecular complexity index is 623. The molecular formula is C16H13BrCl4. The van der Waals surface area contributed by atoms with Crippen molar-refractivity contribution in [1.29, 1.82) is 0 Å². The van der Waals surface area contributed by atoms with Crippen LogP contribution in [0.25, 0.3) is 0 Å². The summed E-state index contributed by atoms with van der Waals surface area (Å²) in [4.78, 5) is 0. The SMILES string of the molecule is ClCC(CCl)(Cc1cccc(Cl)c1Cl)c1ccccc1Br. The maximum Gasteiger partial charge on any atom is 0.0624 e. The number of benzene rings is 2. The third-order valence-electron chi connectivity index (χ3n) is 3.52. The summed E-state index contributed by atoms with van der Waals surface area (Å²) < 4.78 is 0.990. The van der Waals surface area contributed by atoms with Crippen LogP contribution < -0.4 is 0 Å². The number of rotatable bonds is 5. The van der Waals surface area contributed by atoms with E-state index < -0.39 is 5.41 Å². The molecule has 0 saturated heterocycles. The van der Waals surface area contributed by atoms with Crippen molar-refractivity contribution in [3.63, 3.8) is 0 Å². The lowest BCUT2D eigenvalue weighted by Crippen LogP contribution is -2.34. The van der Waals surface area contributed by atoms with Crippen molar-refractivity contribution in [3.8, 4) is 0 Å². The lowest BCUT2D eigenvalue weighted by Gasteiger charge is -2.32.